The predicted octanol–water partition coefficient (Wildman–Crippen LogP) is 2.07. The fourth-order valence-electron chi connectivity index (χ4n) is 1.65. The molecule has 0 fully saturated rings. The minimum Gasteiger partial charge on any atom is -0.468 e. The summed E-state index contributed by atoms with van der Waals surface area (Å²) in [5.74, 6) is 0.0807. The van der Waals surface area contributed by atoms with Crippen LogP contribution < -0.4 is 5.73 Å². The van der Waals surface area contributed by atoms with Gasteiger partial charge in [-0.15, -0.1) is 0 Å². The second kappa shape index (κ2) is 6.28. The SMILES string of the molecule is COC(=O)C(N)CCC(C)c1ccccc1. The molecular formula is C13H19NO2. The van der Waals surface area contributed by atoms with Gasteiger partial charge in [0.15, 0.2) is 0 Å². The molecule has 0 aromatic heterocycles. The highest BCUT2D eigenvalue weighted by molar-refractivity contribution is 5.75. The predicted molar refractivity (Wildman–Crippen MR) is 64.1 cm³/mol. The molecule has 2 N–H and O–H groups in total. The number of benzene rings is 1. The van der Waals surface area contributed by atoms with Gasteiger partial charge >= 0.3 is 5.97 Å². The molecule has 0 aliphatic heterocycles. The van der Waals surface area contributed by atoms with Crippen LogP contribution in [-0.4, -0.2) is 19.1 Å². The number of rotatable bonds is 5. The maximum atomic E-state index is 11.1. The van der Waals surface area contributed by atoms with Crippen molar-refractivity contribution in [3.63, 3.8) is 0 Å². The van der Waals surface area contributed by atoms with Crippen LogP contribution in [0.25, 0.3) is 0 Å². The highest BCUT2D eigenvalue weighted by atomic mass is 16.5. The third-order valence-electron chi connectivity index (χ3n) is 2.78. The standard InChI is InChI=1S/C13H19NO2/c1-10(11-6-4-3-5-7-11)8-9-12(14)13(15)16-2/h3-7,10,12H,8-9,14H2,1-2H3. The van der Waals surface area contributed by atoms with Crippen molar-refractivity contribution in [2.45, 2.75) is 31.7 Å². The minimum absolute atomic E-state index is 0.333. The van der Waals surface area contributed by atoms with Crippen LogP contribution in [0.2, 0.25) is 0 Å². The Morgan fingerprint density at radius 1 is 1.31 bits per heavy atom. The Balaban J connectivity index is 2.41. The summed E-state index contributed by atoms with van der Waals surface area (Å²) in [7, 11) is 1.36. The summed E-state index contributed by atoms with van der Waals surface area (Å²) in [6.45, 7) is 2.14. The van der Waals surface area contributed by atoms with Gasteiger partial charge in [0.05, 0.1) is 7.11 Å². The van der Waals surface area contributed by atoms with E-state index in [1.165, 1.54) is 12.7 Å². The molecule has 1 aromatic carbocycles. The van der Waals surface area contributed by atoms with Crippen LogP contribution >= 0.6 is 0 Å². The molecule has 2 unspecified atom stereocenters. The van der Waals surface area contributed by atoms with E-state index in [0.717, 1.165) is 6.42 Å². The topological polar surface area (TPSA) is 52.3 Å². The van der Waals surface area contributed by atoms with Crippen LogP contribution in [0.4, 0.5) is 0 Å². The monoisotopic (exact) mass is 221 g/mol. The first kappa shape index (κ1) is 12.7. The van der Waals surface area contributed by atoms with Crippen LogP contribution in [0.5, 0.6) is 0 Å². The van der Waals surface area contributed by atoms with Crippen molar-refractivity contribution >= 4 is 5.97 Å². The maximum Gasteiger partial charge on any atom is 0.322 e. The summed E-state index contributed by atoms with van der Waals surface area (Å²) >= 11 is 0. The molecule has 0 saturated carbocycles. The smallest absolute Gasteiger partial charge is 0.322 e. The maximum absolute atomic E-state index is 11.1. The Hall–Kier alpha value is -1.35. The number of ether oxygens (including phenoxy) is 1. The van der Waals surface area contributed by atoms with Gasteiger partial charge in [-0.2, -0.15) is 0 Å². The first-order valence-corrected chi connectivity index (χ1v) is 5.53. The molecule has 1 aromatic rings. The van der Waals surface area contributed by atoms with Crippen molar-refractivity contribution in [2.24, 2.45) is 5.73 Å². The van der Waals surface area contributed by atoms with Crippen LogP contribution in [0, 0.1) is 0 Å². The molecule has 0 spiro atoms. The van der Waals surface area contributed by atoms with Crippen molar-refractivity contribution in [3.8, 4) is 0 Å². The first-order chi connectivity index (χ1) is 7.65. The van der Waals surface area contributed by atoms with E-state index in [0.29, 0.717) is 12.3 Å². The first-order valence-electron chi connectivity index (χ1n) is 5.53. The number of hydrogen-bond acceptors (Lipinski definition) is 3. The molecule has 88 valence electrons. The number of hydrogen-bond donors (Lipinski definition) is 1. The molecule has 0 aliphatic carbocycles. The van der Waals surface area contributed by atoms with E-state index < -0.39 is 6.04 Å². The lowest BCUT2D eigenvalue weighted by Gasteiger charge is -2.14. The third kappa shape index (κ3) is 3.66. The van der Waals surface area contributed by atoms with Crippen molar-refractivity contribution in [3.05, 3.63) is 35.9 Å². The Bertz CT molecular complexity index is 324. The van der Waals surface area contributed by atoms with Gasteiger partial charge in [-0.05, 0) is 24.3 Å². The summed E-state index contributed by atoms with van der Waals surface area (Å²) in [5.41, 5.74) is 6.96. The minimum atomic E-state index is -0.504. The van der Waals surface area contributed by atoms with E-state index in [-0.39, 0.29) is 5.97 Å². The van der Waals surface area contributed by atoms with Crippen LogP contribution in [0.1, 0.15) is 31.2 Å². The Morgan fingerprint density at radius 3 is 2.50 bits per heavy atom. The Labute approximate surface area is 96.6 Å². The van der Waals surface area contributed by atoms with Gasteiger partial charge in [0.2, 0.25) is 0 Å². The van der Waals surface area contributed by atoms with Crippen molar-refractivity contribution in [2.75, 3.05) is 7.11 Å². The van der Waals surface area contributed by atoms with Crippen LogP contribution in [0.3, 0.4) is 0 Å². The highest BCUT2D eigenvalue weighted by Gasteiger charge is 2.15. The molecule has 3 heteroatoms. The second-order valence-electron chi connectivity index (χ2n) is 4.02. The van der Waals surface area contributed by atoms with Crippen LogP contribution in [0.15, 0.2) is 30.3 Å². The van der Waals surface area contributed by atoms with Gasteiger partial charge < -0.3 is 10.5 Å². The van der Waals surface area contributed by atoms with Gasteiger partial charge in [-0.3, -0.25) is 4.79 Å². The van der Waals surface area contributed by atoms with E-state index in [1.54, 1.807) is 0 Å². The van der Waals surface area contributed by atoms with Crippen molar-refractivity contribution < 1.29 is 9.53 Å². The van der Waals surface area contributed by atoms with Crippen molar-refractivity contribution in [1.29, 1.82) is 0 Å². The number of esters is 1. The summed E-state index contributed by atoms with van der Waals surface area (Å²) in [6.07, 6.45) is 1.54. The lowest BCUT2D eigenvalue weighted by Crippen LogP contribution is -2.31. The lowest BCUT2D eigenvalue weighted by molar-refractivity contribution is -0.142. The lowest BCUT2D eigenvalue weighted by atomic mass is 9.94. The number of carbonyl (C=O) groups is 1. The molecule has 1 rings (SSSR count). The van der Waals surface area contributed by atoms with Gasteiger partial charge in [0.1, 0.15) is 6.04 Å². The fraction of sp³-hybridized carbons (Fsp3) is 0.462. The zero-order valence-electron chi connectivity index (χ0n) is 9.85. The molecule has 0 radical (unpaired) electrons. The Morgan fingerprint density at radius 2 is 1.94 bits per heavy atom. The van der Waals surface area contributed by atoms with Gasteiger partial charge in [0, 0.05) is 0 Å². The average Bonchev–Trinajstić information content (AvgIpc) is 2.35. The summed E-state index contributed by atoms with van der Waals surface area (Å²) < 4.78 is 4.59. The highest BCUT2D eigenvalue weighted by Crippen LogP contribution is 2.20. The van der Waals surface area contributed by atoms with Gasteiger partial charge in [-0.1, -0.05) is 37.3 Å². The van der Waals surface area contributed by atoms with Gasteiger partial charge in [0.25, 0.3) is 0 Å². The molecule has 16 heavy (non-hydrogen) atoms. The summed E-state index contributed by atoms with van der Waals surface area (Å²) in [6, 6.07) is 9.72. The molecule has 0 saturated heterocycles. The average molecular weight is 221 g/mol. The van der Waals surface area contributed by atoms with Crippen LogP contribution in [-0.2, 0) is 9.53 Å². The quantitative estimate of drug-likeness (QED) is 0.774. The molecule has 0 heterocycles. The van der Waals surface area contributed by atoms with E-state index in [4.69, 9.17) is 5.73 Å². The summed E-state index contributed by atoms with van der Waals surface area (Å²) in [5, 5.41) is 0. The number of methoxy groups -OCH3 is 1. The zero-order valence-corrected chi connectivity index (χ0v) is 9.85. The molecule has 0 bridgehead atoms. The Kier molecular flexibility index (Phi) is 4.99. The zero-order chi connectivity index (χ0) is 12.0. The molecule has 2 atom stereocenters. The van der Waals surface area contributed by atoms with Gasteiger partial charge in [-0.25, -0.2) is 0 Å². The fourth-order valence-corrected chi connectivity index (χ4v) is 1.65. The van der Waals surface area contributed by atoms with Crippen molar-refractivity contribution in [1.82, 2.24) is 0 Å². The summed E-state index contributed by atoms with van der Waals surface area (Å²) in [4.78, 5) is 11.1. The van der Waals surface area contributed by atoms with E-state index in [1.807, 2.05) is 18.2 Å². The molecule has 0 aliphatic rings. The molecule has 3 nitrogen and oxygen atoms in total. The van der Waals surface area contributed by atoms with E-state index in [9.17, 15) is 4.79 Å². The number of carbonyl (C=O) groups excluding carboxylic acids is 1. The molecular weight excluding hydrogens is 202 g/mol. The van der Waals surface area contributed by atoms with E-state index in [2.05, 4.69) is 23.8 Å². The largest absolute Gasteiger partial charge is 0.468 e. The number of nitrogens with two attached hydrogens (primary N) is 1. The second-order valence-corrected chi connectivity index (χ2v) is 4.02. The third-order valence-corrected chi connectivity index (χ3v) is 2.78. The van der Waals surface area contributed by atoms with E-state index >= 15 is 0 Å². The molecule has 0 amide bonds. The normalized spacial score (nSPS) is 14.2.